The molecule has 0 aromatic heterocycles. The smallest absolute Gasteiger partial charge is 0.462 e. The molecular formula is C28H42O9. The Hall–Kier alpha value is -2.13. The zero-order valence-electron chi connectivity index (χ0n) is 23.1. The molecule has 9 heteroatoms. The Morgan fingerprint density at radius 1 is 0.973 bits per heavy atom. The van der Waals surface area contributed by atoms with E-state index in [1.807, 2.05) is 0 Å². The van der Waals surface area contributed by atoms with E-state index in [-0.39, 0.29) is 24.4 Å². The highest BCUT2D eigenvalue weighted by Gasteiger charge is 2.60. The van der Waals surface area contributed by atoms with Crippen LogP contribution in [0.25, 0.3) is 0 Å². The Morgan fingerprint density at radius 2 is 1.59 bits per heavy atom. The average Bonchev–Trinajstić information content (AvgIpc) is 3.00. The van der Waals surface area contributed by atoms with Crippen LogP contribution in [0.2, 0.25) is 0 Å². The van der Waals surface area contributed by atoms with Crippen LogP contribution in [-0.4, -0.2) is 60.5 Å². The van der Waals surface area contributed by atoms with Crippen LogP contribution in [-0.2, 0) is 38.0 Å². The van der Waals surface area contributed by atoms with E-state index < -0.39 is 41.3 Å². The first-order valence-corrected chi connectivity index (χ1v) is 13.3. The van der Waals surface area contributed by atoms with Crippen LogP contribution < -0.4 is 0 Å². The molecule has 0 radical (unpaired) electrons. The van der Waals surface area contributed by atoms with Crippen molar-refractivity contribution in [2.45, 2.75) is 116 Å². The number of ether oxygens (including phenoxy) is 6. The molecule has 208 valence electrons. The SMILES string of the molecule is C=C(C)C(=O)OCC12CC3CC(C1)CC(OC(=O)OCC1OC(C)(C)OC1CC(=O)OC(C)(C)C)(C3)C2. The largest absolute Gasteiger partial charge is 0.508 e. The van der Waals surface area contributed by atoms with Crippen molar-refractivity contribution in [3.63, 3.8) is 0 Å². The lowest BCUT2D eigenvalue weighted by Crippen LogP contribution is -2.58. The molecule has 0 aromatic rings. The van der Waals surface area contributed by atoms with Crippen molar-refractivity contribution in [1.82, 2.24) is 0 Å². The molecule has 4 bridgehead atoms. The van der Waals surface area contributed by atoms with Crippen molar-refractivity contribution in [3.8, 4) is 0 Å². The molecule has 4 atom stereocenters. The quantitative estimate of drug-likeness (QED) is 0.251. The van der Waals surface area contributed by atoms with Crippen LogP contribution in [0.5, 0.6) is 0 Å². The predicted octanol–water partition coefficient (Wildman–Crippen LogP) is 4.85. The van der Waals surface area contributed by atoms with Crippen molar-refractivity contribution in [2.75, 3.05) is 13.2 Å². The number of rotatable bonds is 8. The number of hydrogen-bond donors (Lipinski definition) is 0. The van der Waals surface area contributed by atoms with Gasteiger partial charge in [0.1, 0.15) is 30.0 Å². The van der Waals surface area contributed by atoms with Gasteiger partial charge in [-0.2, -0.15) is 0 Å². The summed E-state index contributed by atoms with van der Waals surface area (Å²) in [6.45, 7) is 14.4. The first kappa shape index (κ1) is 27.9. The van der Waals surface area contributed by atoms with E-state index in [1.165, 1.54) is 0 Å². The molecule has 1 aliphatic heterocycles. The second-order valence-corrected chi connectivity index (χ2v) is 13.2. The summed E-state index contributed by atoms with van der Waals surface area (Å²) in [7, 11) is 0. The first-order valence-electron chi connectivity index (χ1n) is 13.3. The lowest BCUT2D eigenvalue weighted by Gasteiger charge is -2.60. The predicted molar refractivity (Wildman–Crippen MR) is 132 cm³/mol. The molecule has 4 unspecified atom stereocenters. The number of carbonyl (C=O) groups excluding carboxylic acids is 3. The van der Waals surface area contributed by atoms with E-state index in [9.17, 15) is 14.4 Å². The third-order valence-corrected chi connectivity index (χ3v) is 7.72. The van der Waals surface area contributed by atoms with Crippen LogP contribution in [0.15, 0.2) is 12.2 Å². The molecule has 0 N–H and O–H groups in total. The summed E-state index contributed by atoms with van der Waals surface area (Å²) in [6.07, 6.45) is 3.32. The van der Waals surface area contributed by atoms with Crippen LogP contribution in [0.1, 0.15) is 86.5 Å². The minimum absolute atomic E-state index is 0.0114. The van der Waals surface area contributed by atoms with Gasteiger partial charge in [0.05, 0.1) is 13.0 Å². The molecule has 9 nitrogen and oxygen atoms in total. The van der Waals surface area contributed by atoms with Gasteiger partial charge in [-0.1, -0.05) is 6.58 Å². The fourth-order valence-corrected chi connectivity index (χ4v) is 7.12. The van der Waals surface area contributed by atoms with Gasteiger partial charge in [-0.25, -0.2) is 9.59 Å². The van der Waals surface area contributed by atoms with Crippen LogP contribution in [0.3, 0.4) is 0 Å². The van der Waals surface area contributed by atoms with Gasteiger partial charge in [0.15, 0.2) is 5.79 Å². The highest BCUT2D eigenvalue weighted by Crippen LogP contribution is 2.63. The van der Waals surface area contributed by atoms with Gasteiger partial charge in [-0.15, -0.1) is 0 Å². The summed E-state index contributed by atoms with van der Waals surface area (Å²) < 4.78 is 34.3. The Balaban J connectivity index is 1.34. The zero-order chi connectivity index (χ0) is 27.2. The topological polar surface area (TPSA) is 107 Å². The second-order valence-electron chi connectivity index (χ2n) is 13.2. The summed E-state index contributed by atoms with van der Waals surface area (Å²) >= 11 is 0. The van der Waals surface area contributed by atoms with E-state index in [2.05, 4.69) is 6.58 Å². The van der Waals surface area contributed by atoms with Crippen LogP contribution in [0, 0.1) is 17.3 Å². The van der Waals surface area contributed by atoms with E-state index in [1.54, 1.807) is 41.5 Å². The maximum absolute atomic E-state index is 12.9. The molecule has 1 saturated heterocycles. The zero-order valence-corrected chi connectivity index (χ0v) is 23.1. The summed E-state index contributed by atoms with van der Waals surface area (Å²) in [5.41, 5.74) is -1.02. The van der Waals surface area contributed by atoms with Gasteiger partial charge in [0, 0.05) is 11.0 Å². The number of esters is 2. The van der Waals surface area contributed by atoms with Crippen molar-refractivity contribution >= 4 is 18.1 Å². The molecule has 5 aliphatic rings. The lowest BCUT2D eigenvalue weighted by molar-refractivity contribution is -0.193. The van der Waals surface area contributed by atoms with E-state index >= 15 is 0 Å². The van der Waals surface area contributed by atoms with Gasteiger partial charge in [-0.05, 0) is 91.9 Å². The van der Waals surface area contributed by atoms with E-state index in [4.69, 9.17) is 28.4 Å². The van der Waals surface area contributed by atoms with Crippen molar-refractivity contribution in [3.05, 3.63) is 12.2 Å². The molecule has 4 aliphatic carbocycles. The Bertz CT molecular complexity index is 916. The maximum atomic E-state index is 12.9. The standard InChI is InChI=1S/C28H42O9/c1-17(2)23(30)33-16-27-10-18-8-19(11-27)13-28(12-18,15-27)37-24(31)32-14-21-20(34-26(6,7)35-21)9-22(29)36-25(3,4)5/h18-21H,1,8-16H2,2-7H3. The number of carbonyl (C=O) groups is 3. The van der Waals surface area contributed by atoms with Crippen molar-refractivity contribution in [1.29, 1.82) is 0 Å². The van der Waals surface area contributed by atoms with Crippen LogP contribution in [0.4, 0.5) is 4.79 Å². The molecule has 5 rings (SSSR count). The summed E-state index contributed by atoms with van der Waals surface area (Å²) in [4.78, 5) is 37.3. The third-order valence-electron chi connectivity index (χ3n) is 7.72. The Morgan fingerprint density at radius 3 is 2.19 bits per heavy atom. The minimum atomic E-state index is -0.919. The Labute approximate surface area is 219 Å². The summed E-state index contributed by atoms with van der Waals surface area (Å²) in [5.74, 6) is -0.838. The second kappa shape index (κ2) is 9.88. The molecule has 0 aromatic carbocycles. The Kier molecular flexibility index (Phi) is 7.45. The lowest BCUT2D eigenvalue weighted by atomic mass is 9.48. The van der Waals surface area contributed by atoms with Gasteiger partial charge >= 0.3 is 18.1 Å². The summed E-state index contributed by atoms with van der Waals surface area (Å²) in [6, 6.07) is 0. The molecule has 5 fully saturated rings. The highest BCUT2D eigenvalue weighted by atomic mass is 16.8. The molecule has 4 saturated carbocycles. The molecular weight excluding hydrogens is 480 g/mol. The minimum Gasteiger partial charge on any atom is -0.462 e. The van der Waals surface area contributed by atoms with Crippen molar-refractivity contribution < 1.29 is 42.8 Å². The van der Waals surface area contributed by atoms with Gasteiger partial charge < -0.3 is 28.4 Å². The highest BCUT2D eigenvalue weighted by molar-refractivity contribution is 5.86. The fraction of sp³-hybridized carbons (Fsp3) is 0.821. The van der Waals surface area contributed by atoms with Gasteiger partial charge in [0.2, 0.25) is 0 Å². The van der Waals surface area contributed by atoms with Crippen molar-refractivity contribution in [2.24, 2.45) is 17.3 Å². The molecule has 0 amide bonds. The maximum Gasteiger partial charge on any atom is 0.508 e. The monoisotopic (exact) mass is 522 g/mol. The van der Waals surface area contributed by atoms with E-state index in [0.29, 0.717) is 30.4 Å². The third kappa shape index (κ3) is 6.85. The molecule has 37 heavy (non-hydrogen) atoms. The average molecular weight is 523 g/mol. The van der Waals surface area contributed by atoms with E-state index in [0.717, 1.165) is 32.1 Å². The van der Waals surface area contributed by atoms with Gasteiger partial charge in [0.25, 0.3) is 0 Å². The molecule has 1 heterocycles. The summed E-state index contributed by atoms with van der Waals surface area (Å²) in [5, 5.41) is 0. The van der Waals surface area contributed by atoms with Gasteiger partial charge in [-0.3, -0.25) is 4.79 Å². The molecule has 0 spiro atoms. The van der Waals surface area contributed by atoms with Crippen LogP contribution >= 0.6 is 0 Å². The number of hydrogen-bond acceptors (Lipinski definition) is 9. The normalized spacial score (nSPS) is 35.6. The first-order chi connectivity index (χ1) is 17.1. The fourth-order valence-electron chi connectivity index (χ4n) is 7.12.